The SMILES string of the molecule is CS(=O)(=O)c1ccc(C(=O)OCC(=O)N(CCC(N)=O)c2ccccc2)cc1[N+](=O)[O-]. The van der Waals surface area contributed by atoms with Gasteiger partial charge in [0.2, 0.25) is 5.91 Å². The van der Waals surface area contributed by atoms with Crippen molar-refractivity contribution in [2.24, 2.45) is 5.73 Å². The average molecular weight is 449 g/mol. The van der Waals surface area contributed by atoms with E-state index in [0.29, 0.717) is 5.69 Å². The smallest absolute Gasteiger partial charge is 0.338 e. The molecule has 12 heteroatoms. The maximum absolute atomic E-state index is 12.6. The number of primary amides is 1. The summed E-state index contributed by atoms with van der Waals surface area (Å²) in [6.45, 7) is -0.752. The van der Waals surface area contributed by atoms with Crippen molar-refractivity contribution in [1.29, 1.82) is 0 Å². The van der Waals surface area contributed by atoms with Crippen LogP contribution in [0.15, 0.2) is 53.4 Å². The minimum Gasteiger partial charge on any atom is -0.452 e. The molecule has 2 aromatic carbocycles. The molecular weight excluding hydrogens is 430 g/mol. The van der Waals surface area contributed by atoms with E-state index in [1.54, 1.807) is 30.3 Å². The van der Waals surface area contributed by atoms with Gasteiger partial charge in [0.25, 0.3) is 11.6 Å². The van der Waals surface area contributed by atoms with E-state index in [1.807, 2.05) is 0 Å². The predicted molar refractivity (Wildman–Crippen MR) is 109 cm³/mol. The van der Waals surface area contributed by atoms with E-state index in [-0.39, 0.29) is 18.5 Å². The quantitative estimate of drug-likeness (QED) is 0.337. The first-order chi connectivity index (χ1) is 14.5. The van der Waals surface area contributed by atoms with Crippen LogP contribution in [0.5, 0.6) is 0 Å². The second-order valence-electron chi connectivity index (χ2n) is 6.39. The van der Waals surface area contributed by atoms with Gasteiger partial charge in [-0.25, -0.2) is 13.2 Å². The summed E-state index contributed by atoms with van der Waals surface area (Å²) in [5.41, 5.74) is 4.52. The van der Waals surface area contributed by atoms with Gasteiger partial charge in [0.15, 0.2) is 16.4 Å². The number of hydrogen-bond donors (Lipinski definition) is 1. The van der Waals surface area contributed by atoms with E-state index >= 15 is 0 Å². The molecule has 0 unspecified atom stereocenters. The van der Waals surface area contributed by atoms with Gasteiger partial charge in [0.1, 0.15) is 4.90 Å². The van der Waals surface area contributed by atoms with Crippen LogP contribution in [-0.4, -0.2) is 50.5 Å². The number of nitro groups is 1. The molecule has 2 amide bonds. The molecule has 0 aliphatic rings. The zero-order valence-electron chi connectivity index (χ0n) is 16.4. The number of anilines is 1. The van der Waals surface area contributed by atoms with E-state index in [2.05, 4.69) is 0 Å². The highest BCUT2D eigenvalue weighted by Gasteiger charge is 2.25. The molecule has 0 aromatic heterocycles. The number of para-hydroxylation sites is 1. The first-order valence-corrected chi connectivity index (χ1v) is 10.7. The van der Waals surface area contributed by atoms with Crippen LogP contribution in [0.3, 0.4) is 0 Å². The lowest BCUT2D eigenvalue weighted by Crippen LogP contribution is -2.37. The summed E-state index contributed by atoms with van der Waals surface area (Å²) in [7, 11) is -3.89. The minimum atomic E-state index is -3.89. The summed E-state index contributed by atoms with van der Waals surface area (Å²) in [5.74, 6) is -2.33. The van der Waals surface area contributed by atoms with Gasteiger partial charge in [-0.15, -0.1) is 0 Å². The zero-order valence-corrected chi connectivity index (χ0v) is 17.2. The Morgan fingerprint density at radius 1 is 1.13 bits per heavy atom. The molecule has 0 radical (unpaired) electrons. The Hall–Kier alpha value is -3.80. The number of ether oxygens (including phenoxy) is 1. The van der Waals surface area contributed by atoms with E-state index < -0.39 is 49.7 Å². The van der Waals surface area contributed by atoms with Crippen molar-refractivity contribution >= 4 is 39.0 Å². The minimum absolute atomic E-state index is 0.0374. The summed E-state index contributed by atoms with van der Waals surface area (Å²) in [6.07, 6.45) is 0.685. The molecule has 0 atom stereocenters. The molecule has 31 heavy (non-hydrogen) atoms. The molecule has 164 valence electrons. The Labute approximate surface area is 177 Å². The van der Waals surface area contributed by atoms with Crippen molar-refractivity contribution in [3.05, 3.63) is 64.2 Å². The van der Waals surface area contributed by atoms with Gasteiger partial charge in [-0.2, -0.15) is 0 Å². The number of rotatable bonds is 9. The van der Waals surface area contributed by atoms with Crippen LogP contribution in [0.4, 0.5) is 11.4 Å². The van der Waals surface area contributed by atoms with Gasteiger partial charge in [-0.3, -0.25) is 19.7 Å². The van der Waals surface area contributed by atoms with E-state index in [9.17, 15) is 32.9 Å². The lowest BCUT2D eigenvalue weighted by Gasteiger charge is -2.22. The van der Waals surface area contributed by atoms with Crippen LogP contribution >= 0.6 is 0 Å². The number of carbonyl (C=O) groups excluding carboxylic acids is 3. The second kappa shape index (κ2) is 9.80. The van der Waals surface area contributed by atoms with Crippen LogP contribution < -0.4 is 10.6 Å². The topological polar surface area (TPSA) is 167 Å². The molecule has 0 aliphatic heterocycles. The average Bonchev–Trinajstić information content (AvgIpc) is 2.71. The third kappa shape index (κ3) is 6.34. The number of nitro benzene ring substituents is 1. The summed E-state index contributed by atoms with van der Waals surface area (Å²) < 4.78 is 28.3. The number of benzene rings is 2. The normalized spacial score (nSPS) is 10.9. The van der Waals surface area contributed by atoms with Gasteiger partial charge in [-0.1, -0.05) is 18.2 Å². The molecule has 0 bridgehead atoms. The van der Waals surface area contributed by atoms with Crippen molar-refractivity contribution in [1.82, 2.24) is 0 Å². The molecule has 0 heterocycles. The standard InChI is InChI=1S/C19H19N3O8S/c1-31(28,29)16-8-7-13(11-15(16)22(26)27)19(25)30-12-18(24)21(10-9-17(20)23)14-5-3-2-4-6-14/h2-8,11H,9-10,12H2,1H3,(H2,20,23). The van der Waals surface area contributed by atoms with Gasteiger partial charge < -0.3 is 15.4 Å². The van der Waals surface area contributed by atoms with E-state index in [4.69, 9.17) is 10.5 Å². The number of carbonyl (C=O) groups is 3. The number of sulfone groups is 1. The molecule has 2 N–H and O–H groups in total. The number of esters is 1. The molecule has 2 aromatic rings. The molecule has 0 aliphatic carbocycles. The van der Waals surface area contributed by atoms with E-state index in [1.165, 1.54) is 4.90 Å². The number of amides is 2. The molecular formula is C19H19N3O8S. The summed E-state index contributed by atoms with van der Waals surface area (Å²) in [4.78, 5) is 46.8. The third-order valence-corrected chi connectivity index (χ3v) is 5.21. The highest BCUT2D eigenvalue weighted by atomic mass is 32.2. The summed E-state index contributed by atoms with van der Waals surface area (Å²) in [5, 5.41) is 11.2. The molecule has 0 spiro atoms. The van der Waals surface area contributed by atoms with Crippen LogP contribution in [0.1, 0.15) is 16.8 Å². The van der Waals surface area contributed by atoms with Gasteiger partial charge in [0, 0.05) is 31.0 Å². The van der Waals surface area contributed by atoms with Crippen molar-refractivity contribution in [2.45, 2.75) is 11.3 Å². The molecule has 0 fully saturated rings. The highest BCUT2D eigenvalue weighted by molar-refractivity contribution is 7.90. The summed E-state index contributed by atoms with van der Waals surface area (Å²) >= 11 is 0. The Bertz CT molecular complexity index is 1120. The van der Waals surface area contributed by atoms with Gasteiger partial charge in [-0.05, 0) is 24.3 Å². The number of nitrogens with zero attached hydrogens (tertiary/aromatic N) is 2. The van der Waals surface area contributed by atoms with Crippen molar-refractivity contribution in [3.63, 3.8) is 0 Å². The maximum atomic E-state index is 12.6. The third-order valence-electron chi connectivity index (χ3n) is 4.07. The van der Waals surface area contributed by atoms with Crippen LogP contribution in [0.25, 0.3) is 0 Å². The van der Waals surface area contributed by atoms with Gasteiger partial charge in [0.05, 0.1) is 10.5 Å². The van der Waals surface area contributed by atoms with Crippen molar-refractivity contribution in [3.8, 4) is 0 Å². The number of nitrogens with two attached hydrogens (primary N) is 1. The largest absolute Gasteiger partial charge is 0.452 e. The molecule has 2 rings (SSSR count). The zero-order chi connectivity index (χ0) is 23.2. The first kappa shape index (κ1) is 23.5. The maximum Gasteiger partial charge on any atom is 0.338 e. The Morgan fingerprint density at radius 2 is 1.77 bits per heavy atom. The fraction of sp³-hybridized carbons (Fsp3) is 0.211. The molecule has 11 nitrogen and oxygen atoms in total. The van der Waals surface area contributed by atoms with Crippen LogP contribution in [-0.2, 0) is 24.2 Å². The molecule has 0 saturated heterocycles. The number of hydrogen-bond acceptors (Lipinski definition) is 8. The van der Waals surface area contributed by atoms with Gasteiger partial charge >= 0.3 is 5.97 Å². The summed E-state index contributed by atoms with van der Waals surface area (Å²) in [6, 6.07) is 11.1. The molecule has 0 saturated carbocycles. The monoisotopic (exact) mass is 449 g/mol. The predicted octanol–water partition coefficient (Wildman–Crippen LogP) is 1.06. The second-order valence-corrected chi connectivity index (χ2v) is 8.37. The Morgan fingerprint density at radius 3 is 2.32 bits per heavy atom. The van der Waals surface area contributed by atoms with Crippen molar-refractivity contribution < 1.29 is 32.5 Å². The Kier molecular flexibility index (Phi) is 7.42. The first-order valence-electron chi connectivity index (χ1n) is 8.80. The van der Waals surface area contributed by atoms with Crippen LogP contribution in [0, 0.1) is 10.1 Å². The Balaban J connectivity index is 2.18. The van der Waals surface area contributed by atoms with Crippen LogP contribution in [0.2, 0.25) is 0 Å². The lowest BCUT2D eigenvalue weighted by molar-refractivity contribution is -0.387. The van der Waals surface area contributed by atoms with Crippen molar-refractivity contribution in [2.75, 3.05) is 24.3 Å². The fourth-order valence-corrected chi connectivity index (χ4v) is 3.45. The lowest BCUT2D eigenvalue weighted by atomic mass is 10.2. The fourth-order valence-electron chi connectivity index (χ4n) is 2.62. The highest BCUT2D eigenvalue weighted by Crippen LogP contribution is 2.25. The van der Waals surface area contributed by atoms with E-state index in [0.717, 1.165) is 24.5 Å².